The largest absolute Gasteiger partial charge is 0.0843 e. The summed E-state index contributed by atoms with van der Waals surface area (Å²) in [4.78, 5) is 0. The van der Waals surface area contributed by atoms with Gasteiger partial charge in [-0.1, -0.05) is 23.2 Å². The summed E-state index contributed by atoms with van der Waals surface area (Å²) < 4.78 is 0. The van der Waals surface area contributed by atoms with Crippen molar-refractivity contribution in [2.75, 3.05) is 0 Å². The van der Waals surface area contributed by atoms with Crippen LogP contribution in [0.2, 0.25) is 10.0 Å². The van der Waals surface area contributed by atoms with Gasteiger partial charge in [-0.05, 0) is 30.7 Å². The highest BCUT2D eigenvalue weighted by atomic mass is 35.5. The molecule has 0 heterocycles. The number of nitrogens with zero attached hydrogens (tertiary/aromatic N) is 2. The average molecular weight is 189 g/mol. The van der Waals surface area contributed by atoms with Crippen LogP contribution in [0, 0.1) is 17.7 Å². The van der Waals surface area contributed by atoms with E-state index in [4.69, 9.17) is 34.0 Å². The van der Waals surface area contributed by atoms with E-state index in [0.717, 1.165) is 5.56 Å². The summed E-state index contributed by atoms with van der Waals surface area (Å²) in [6.45, 7) is 1.96. The van der Waals surface area contributed by atoms with Crippen molar-refractivity contribution in [1.82, 2.24) is 0 Å². The minimum atomic E-state index is 0.694. The molecule has 4 heteroatoms. The molecular weight excluding hydrogens is 183 g/mol. The minimum Gasteiger partial charge on any atom is -0.0843 e. The summed E-state index contributed by atoms with van der Waals surface area (Å²) in [5, 5.41) is 13.4. The van der Waals surface area contributed by atoms with Crippen LogP contribution in [-0.2, 0) is 0 Å². The molecule has 0 aromatic heterocycles. The monoisotopic (exact) mass is 188 g/mol. The zero-order valence-corrected chi connectivity index (χ0v) is 7.39. The van der Waals surface area contributed by atoms with Crippen molar-refractivity contribution in [3.8, 4) is 0 Å². The Morgan fingerprint density at radius 3 is 1.64 bits per heavy atom. The predicted octanol–water partition coefficient (Wildman–Crippen LogP) is 3.33. The summed E-state index contributed by atoms with van der Waals surface area (Å²) >= 11 is 11.3. The molecule has 1 aromatic carbocycles. The Morgan fingerprint density at radius 2 is 1.36 bits per heavy atom. The normalized spacial score (nSPS) is 8.09. The molecule has 0 aliphatic carbocycles. The van der Waals surface area contributed by atoms with Crippen molar-refractivity contribution in [3.63, 3.8) is 0 Å². The van der Waals surface area contributed by atoms with Gasteiger partial charge in [0.15, 0.2) is 0 Å². The van der Waals surface area contributed by atoms with E-state index >= 15 is 0 Å². The molecule has 0 amide bonds. The number of aryl methyl sites for hydroxylation is 1. The lowest BCUT2D eigenvalue weighted by atomic mass is 10.2. The van der Waals surface area contributed by atoms with E-state index in [9.17, 15) is 0 Å². The lowest BCUT2D eigenvalue weighted by Crippen LogP contribution is -1.70. The first-order valence-corrected chi connectivity index (χ1v) is 3.57. The maximum absolute atomic E-state index is 6.00. The van der Waals surface area contributed by atoms with Crippen molar-refractivity contribution in [2.45, 2.75) is 6.92 Å². The fourth-order valence-electron chi connectivity index (χ4n) is 0.692. The second-order valence-corrected chi connectivity index (χ2v) is 2.82. The maximum Gasteiger partial charge on any atom is 0.0423 e. The molecule has 0 atom stereocenters. The van der Waals surface area contributed by atoms with Crippen LogP contribution in [0.25, 0.3) is 0 Å². The van der Waals surface area contributed by atoms with Gasteiger partial charge in [-0.15, -0.1) is 0 Å². The van der Waals surface area contributed by atoms with E-state index in [-0.39, 0.29) is 0 Å². The molecule has 11 heavy (non-hydrogen) atoms. The fraction of sp³-hybridized carbons (Fsp3) is 0.143. The Bertz CT molecular complexity index is 207. The Balaban J connectivity index is 0.000000461. The van der Waals surface area contributed by atoms with Crippen LogP contribution >= 0.6 is 23.2 Å². The van der Waals surface area contributed by atoms with E-state index in [0.29, 0.717) is 10.0 Å². The van der Waals surface area contributed by atoms with Gasteiger partial charge < -0.3 is 0 Å². The molecule has 0 saturated heterocycles. The highest BCUT2D eigenvalue weighted by Crippen LogP contribution is 2.17. The first-order chi connectivity index (χ1) is 5.18. The first-order valence-electron chi connectivity index (χ1n) is 2.81. The third-order valence-corrected chi connectivity index (χ3v) is 1.44. The molecular formula is C7H6Cl2N2. The molecule has 0 spiro atoms. The summed E-state index contributed by atoms with van der Waals surface area (Å²) in [5.41, 5.74) is 1.09. The van der Waals surface area contributed by atoms with Gasteiger partial charge in [0.25, 0.3) is 0 Å². The lowest BCUT2D eigenvalue weighted by Gasteiger charge is -1.93. The molecule has 2 nitrogen and oxygen atoms in total. The SMILES string of the molecule is Cc1cc(Cl)cc(Cl)c1.N#N. The highest BCUT2D eigenvalue weighted by Gasteiger charge is 1.90. The van der Waals surface area contributed by atoms with Crippen LogP contribution in [0.3, 0.4) is 0 Å². The van der Waals surface area contributed by atoms with Crippen LogP contribution in [0.5, 0.6) is 0 Å². The van der Waals surface area contributed by atoms with Crippen molar-refractivity contribution < 1.29 is 0 Å². The van der Waals surface area contributed by atoms with Crippen LogP contribution in [0.15, 0.2) is 18.2 Å². The van der Waals surface area contributed by atoms with Gasteiger partial charge in [-0.25, -0.2) is 0 Å². The summed E-state index contributed by atoms with van der Waals surface area (Å²) in [6.07, 6.45) is 0. The van der Waals surface area contributed by atoms with E-state index in [2.05, 4.69) is 0 Å². The second-order valence-electron chi connectivity index (χ2n) is 1.95. The van der Waals surface area contributed by atoms with Gasteiger partial charge in [0, 0.05) is 20.8 Å². The lowest BCUT2D eigenvalue weighted by molar-refractivity contribution is 1.15. The van der Waals surface area contributed by atoms with Crippen molar-refractivity contribution in [2.24, 2.45) is 0 Å². The smallest absolute Gasteiger partial charge is 0.0423 e. The number of benzene rings is 1. The molecule has 58 valence electrons. The van der Waals surface area contributed by atoms with Crippen LogP contribution in [0.1, 0.15) is 5.56 Å². The number of hydrogen-bond donors (Lipinski definition) is 0. The number of halogens is 2. The molecule has 1 aromatic rings. The van der Waals surface area contributed by atoms with Gasteiger partial charge in [-0.3, -0.25) is 0 Å². The Hall–Kier alpha value is -0.780. The summed E-state index contributed by atoms with van der Waals surface area (Å²) in [5.74, 6) is 0. The Kier molecular flexibility index (Phi) is 4.60. The molecule has 0 fully saturated rings. The second kappa shape index (κ2) is 4.95. The number of rotatable bonds is 0. The Labute approximate surface area is 75.2 Å². The maximum atomic E-state index is 6.00. The topological polar surface area (TPSA) is 47.6 Å². The molecule has 0 bridgehead atoms. The Morgan fingerprint density at radius 1 is 1.00 bits per heavy atom. The van der Waals surface area contributed by atoms with Crippen molar-refractivity contribution in [1.29, 1.82) is 10.8 Å². The zero-order chi connectivity index (χ0) is 8.85. The molecule has 1 rings (SSSR count). The van der Waals surface area contributed by atoms with E-state index < -0.39 is 0 Å². The molecule has 0 unspecified atom stereocenters. The van der Waals surface area contributed by atoms with Crippen LogP contribution < -0.4 is 0 Å². The molecule has 0 N–H and O–H groups in total. The molecule has 0 radical (unpaired) electrons. The third-order valence-electron chi connectivity index (χ3n) is 1.01. The standard InChI is InChI=1S/C7H6Cl2.N2/c1-5-2-6(8)4-7(9)3-5;1-2/h2-4H,1H3;. The van der Waals surface area contributed by atoms with Crippen LogP contribution in [-0.4, -0.2) is 0 Å². The van der Waals surface area contributed by atoms with Crippen molar-refractivity contribution in [3.05, 3.63) is 33.8 Å². The fourth-order valence-corrected chi connectivity index (χ4v) is 1.33. The van der Waals surface area contributed by atoms with Crippen LogP contribution in [0.4, 0.5) is 0 Å². The number of hydrogen-bond acceptors (Lipinski definition) is 2. The van der Waals surface area contributed by atoms with Gasteiger partial charge in [0.1, 0.15) is 0 Å². The first kappa shape index (κ1) is 10.2. The van der Waals surface area contributed by atoms with Gasteiger partial charge >= 0.3 is 0 Å². The predicted molar refractivity (Wildman–Crippen MR) is 44.6 cm³/mol. The molecule has 0 aliphatic heterocycles. The highest BCUT2D eigenvalue weighted by molar-refractivity contribution is 6.34. The van der Waals surface area contributed by atoms with E-state index in [1.165, 1.54) is 0 Å². The van der Waals surface area contributed by atoms with Gasteiger partial charge in [0.2, 0.25) is 0 Å². The molecule has 0 saturated carbocycles. The van der Waals surface area contributed by atoms with Gasteiger partial charge in [0.05, 0.1) is 0 Å². The summed E-state index contributed by atoms with van der Waals surface area (Å²) in [7, 11) is 0. The zero-order valence-electron chi connectivity index (χ0n) is 5.88. The summed E-state index contributed by atoms with van der Waals surface area (Å²) in [6, 6.07) is 5.46. The quantitative estimate of drug-likeness (QED) is 0.587. The van der Waals surface area contributed by atoms with E-state index in [1.54, 1.807) is 6.07 Å². The molecule has 0 aliphatic rings. The third kappa shape index (κ3) is 3.82. The average Bonchev–Trinajstić information content (AvgIpc) is 1.88. The van der Waals surface area contributed by atoms with Gasteiger partial charge in [-0.2, -0.15) is 0 Å². The van der Waals surface area contributed by atoms with E-state index in [1.807, 2.05) is 19.1 Å². The van der Waals surface area contributed by atoms with Crippen molar-refractivity contribution >= 4 is 23.2 Å². The minimum absolute atomic E-state index is 0.694.